The van der Waals surface area contributed by atoms with E-state index in [4.69, 9.17) is 5.11 Å². The van der Waals surface area contributed by atoms with Gasteiger partial charge in [0.1, 0.15) is 13.3 Å². The van der Waals surface area contributed by atoms with Crippen molar-refractivity contribution < 1.29 is 9.90 Å². The van der Waals surface area contributed by atoms with E-state index in [1.165, 1.54) is 15.5 Å². The molecule has 0 radical (unpaired) electrons. The number of fused-ring (bicyclic) bond motifs is 1. The number of nitrogens with one attached hydrogen (secondary N) is 1. The third-order valence-electron chi connectivity index (χ3n) is 2.12. The number of benzene rings is 1. The van der Waals surface area contributed by atoms with E-state index in [2.05, 4.69) is 5.32 Å². The second-order valence-electron chi connectivity index (χ2n) is 3.19. The van der Waals surface area contributed by atoms with Gasteiger partial charge in [-0.15, -0.1) is 0 Å². The number of carbonyl (C=O) groups is 1. The van der Waals surface area contributed by atoms with Crippen molar-refractivity contribution in [1.29, 1.82) is 0 Å². The fourth-order valence-corrected chi connectivity index (χ4v) is 2.39. The Hall–Kier alpha value is -1.66. The molecule has 1 aromatic heterocycles. The molecule has 0 saturated heterocycles. The van der Waals surface area contributed by atoms with Crippen LogP contribution in [0.25, 0.3) is 10.1 Å². The zero-order valence-electron chi connectivity index (χ0n) is 8.34. The molecule has 2 N–H and O–H groups in total. The lowest BCUT2D eigenvalue weighted by molar-refractivity contribution is -0.122. The van der Waals surface area contributed by atoms with Crippen LogP contribution in [0, 0.1) is 0 Å². The molecule has 1 amide bonds. The van der Waals surface area contributed by atoms with Crippen LogP contribution >= 0.6 is 11.5 Å². The zero-order chi connectivity index (χ0) is 11.5. The van der Waals surface area contributed by atoms with Crippen LogP contribution in [0.1, 0.15) is 0 Å². The molecule has 0 aliphatic carbocycles. The highest BCUT2D eigenvalue weighted by Crippen LogP contribution is 2.15. The number of rotatable bonds is 3. The van der Waals surface area contributed by atoms with Crippen LogP contribution in [0.5, 0.6) is 0 Å². The average molecular weight is 238 g/mol. The lowest BCUT2D eigenvalue weighted by Crippen LogP contribution is -2.30. The van der Waals surface area contributed by atoms with Gasteiger partial charge in [-0.3, -0.25) is 13.5 Å². The predicted molar refractivity (Wildman–Crippen MR) is 61.3 cm³/mol. The number of aliphatic hydroxyl groups excluding tert-OH is 1. The Kier molecular flexibility index (Phi) is 3.02. The van der Waals surface area contributed by atoms with Gasteiger partial charge in [0.2, 0.25) is 5.91 Å². The molecule has 2 aromatic rings. The molecule has 0 aliphatic rings. The van der Waals surface area contributed by atoms with E-state index in [1.807, 2.05) is 12.1 Å². The first-order valence-electron chi connectivity index (χ1n) is 4.69. The third kappa shape index (κ3) is 1.98. The van der Waals surface area contributed by atoms with Crippen LogP contribution in [0.3, 0.4) is 0 Å². The number of hydrogen-bond donors (Lipinski definition) is 2. The van der Waals surface area contributed by atoms with Crippen molar-refractivity contribution in [3.63, 3.8) is 0 Å². The van der Waals surface area contributed by atoms with Gasteiger partial charge in [-0.25, -0.2) is 0 Å². The van der Waals surface area contributed by atoms with E-state index in [1.54, 1.807) is 12.1 Å². The van der Waals surface area contributed by atoms with Gasteiger partial charge in [-0.2, -0.15) is 0 Å². The summed E-state index contributed by atoms with van der Waals surface area (Å²) in [4.78, 5) is 23.0. The molecule has 1 heterocycles. The summed E-state index contributed by atoms with van der Waals surface area (Å²) < 4.78 is 2.22. The minimum absolute atomic E-state index is 0.0568. The van der Waals surface area contributed by atoms with Crippen molar-refractivity contribution in [2.24, 2.45) is 0 Å². The van der Waals surface area contributed by atoms with Crippen molar-refractivity contribution in [3.05, 3.63) is 34.6 Å². The molecule has 5 nitrogen and oxygen atoms in total. The van der Waals surface area contributed by atoms with Crippen LogP contribution in [0.15, 0.2) is 29.1 Å². The summed E-state index contributed by atoms with van der Waals surface area (Å²) in [6, 6.07) is 7.20. The Bertz CT molecular complexity index is 573. The van der Waals surface area contributed by atoms with Gasteiger partial charge < -0.3 is 10.4 Å². The zero-order valence-corrected chi connectivity index (χ0v) is 9.16. The molecule has 0 aliphatic heterocycles. The second kappa shape index (κ2) is 4.46. The van der Waals surface area contributed by atoms with E-state index >= 15 is 0 Å². The van der Waals surface area contributed by atoms with Gasteiger partial charge >= 0.3 is 0 Å². The van der Waals surface area contributed by atoms with Gasteiger partial charge in [0.05, 0.1) is 10.1 Å². The summed E-state index contributed by atoms with van der Waals surface area (Å²) in [7, 11) is 0. The quantitative estimate of drug-likeness (QED) is 0.747. The van der Waals surface area contributed by atoms with E-state index < -0.39 is 6.73 Å². The standard InChI is InChI=1S/C10H10N2O3S/c13-6-11-9(14)5-12-10(15)7-3-1-2-4-8(7)16-12/h1-4,13H,5-6H2,(H,11,14). The summed E-state index contributed by atoms with van der Waals surface area (Å²) >= 11 is 1.24. The third-order valence-corrected chi connectivity index (χ3v) is 3.18. The summed E-state index contributed by atoms with van der Waals surface area (Å²) in [6.07, 6.45) is 0. The smallest absolute Gasteiger partial charge is 0.268 e. The lowest BCUT2D eigenvalue weighted by Gasteiger charge is -1.99. The van der Waals surface area contributed by atoms with Crippen LogP contribution in [-0.2, 0) is 11.3 Å². The SMILES string of the molecule is O=C(Cn1sc2ccccc2c1=O)NCO. The molecule has 2 rings (SSSR count). The minimum atomic E-state index is -0.418. The highest BCUT2D eigenvalue weighted by Gasteiger charge is 2.09. The highest BCUT2D eigenvalue weighted by atomic mass is 32.1. The molecule has 0 atom stereocenters. The fraction of sp³-hybridized carbons (Fsp3) is 0.200. The Morgan fingerprint density at radius 1 is 1.44 bits per heavy atom. The van der Waals surface area contributed by atoms with Gasteiger partial charge in [0, 0.05) is 0 Å². The van der Waals surface area contributed by atoms with Crippen molar-refractivity contribution >= 4 is 27.5 Å². The van der Waals surface area contributed by atoms with Gasteiger partial charge in [0.15, 0.2) is 0 Å². The van der Waals surface area contributed by atoms with Gasteiger partial charge in [-0.1, -0.05) is 23.7 Å². The molecule has 0 saturated carbocycles. The molecule has 0 spiro atoms. The molecule has 1 aromatic carbocycles. The van der Waals surface area contributed by atoms with Gasteiger partial charge in [-0.05, 0) is 12.1 Å². The number of aliphatic hydroxyl groups is 1. The average Bonchev–Trinajstić information content (AvgIpc) is 2.57. The topological polar surface area (TPSA) is 71.3 Å². The first kappa shape index (κ1) is 10.8. The first-order chi connectivity index (χ1) is 7.72. The maximum atomic E-state index is 11.8. The Labute approximate surface area is 95.1 Å². The molecular formula is C10H10N2O3S. The number of amides is 1. The fourth-order valence-electron chi connectivity index (χ4n) is 1.40. The summed E-state index contributed by atoms with van der Waals surface area (Å²) in [6.45, 7) is -0.475. The maximum absolute atomic E-state index is 11.8. The second-order valence-corrected chi connectivity index (χ2v) is 4.25. The van der Waals surface area contributed by atoms with E-state index in [0.29, 0.717) is 5.39 Å². The summed E-state index contributed by atoms with van der Waals surface area (Å²) in [5.74, 6) is -0.379. The van der Waals surface area contributed by atoms with Crippen molar-refractivity contribution in [2.75, 3.05) is 6.73 Å². The summed E-state index contributed by atoms with van der Waals surface area (Å²) in [5, 5.41) is 11.4. The summed E-state index contributed by atoms with van der Waals surface area (Å²) in [5.41, 5.74) is -0.173. The Morgan fingerprint density at radius 3 is 2.88 bits per heavy atom. The number of carbonyl (C=O) groups excluding carboxylic acids is 1. The number of hydrogen-bond acceptors (Lipinski definition) is 4. The highest BCUT2D eigenvalue weighted by molar-refractivity contribution is 7.13. The van der Waals surface area contributed by atoms with Crippen LogP contribution in [0.4, 0.5) is 0 Å². The molecule has 6 heteroatoms. The predicted octanol–water partition coefficient (Wildman–Crippen LogP) is 0.129. The minimum Gasteiger partial charge on any atom is -0.376 e. The Balaban J connectivity index is 2.35. The van der Waals surface area contributed by atoms with Crippen molar-refractivity contribution in [1.82, 2.24) is 9.27 Å². The number of aromatic nitrogens is 1. The Morgan fingerprint density at radius 2 is 2.19 bits per heavy atom. The number of nitrogens with zero attached hydrogens (tertiary/aromatic N) is 1. The largest absolute Gasteiger partial charge is 0.376 e. The van der Waals surface area contributed by atoms with Crippen molar-refractivity contribution in [3.8, 4) is 0 Å². The van der Waals surface area contributed by atoms with E-state index in [0.717, 1.165) is 4.70 Å². The normalized spacial score (nSPS) is 10.6. The molecule has 0 bridgehead atoms. The van der Waals surface area contributed by atoms with E-state index in [-0.39, 0.29) is 18.0 Å². The first-order valence-corrected chi connectivity index (χ1v) is 5.46. The molecule has 0 fully saturated rings. The molecule has 84 valence electrons. The van der Waals surface area contributed by atoms with E-state index in [9.17, 15) is 9.59 Å². The van der Waals surface area contributed by atoms with Crippen molar-refractivity contribution in [2.45, 2.75) is 6.54 Å². The molecular weight excluding hydrogens is 228 g/mol. The van der Waals surface area contributed by atoms with Crippen LogP contribution in [-0.4, -0.2) is 21.7 Å². The molecule has 16 heavy (non-hydrogen) atoms. The maximum Gasteiger partial charge on any atom is 0.268 e. The monoisotopic (exact) mass is 238 g/mol. The molecule has 0 unspecified atom stereocenters. The lowest BCUT2D eigenvalue weighted by atomic mass is 10.3. The van der Waals surface area contributed by atoms with Crippen LogP contribution < -0.4 is 10.9 Å². The van der Waals surface area contributed by atoms with Gasteiger partial charge in [0.25, 0.3) is 5.56 Å². The van der Waals surface area contributed by atoms with Crippen LogP contribution in [0.2, 0.25) is 0 Å².